The van der Waals surface area contributed by atoms with Crippen LogP contribution in [0.2, 0.25) is 0 Å². The molecule has 1 saturated heterocycles. The molecular weight excluding hydrogens is 279 g/mol. The Kier molecular flexibility index (Phi) is 4.18. The highest BCUT2D eigenvalue weighted by molar-refractivity contribution is 5.74. The number of rotatable bonds is 3. The highest BCUT2D eigenvalue weighted by Gasteiger charge is 2.28. The minimum absolute atomic E-state index is 0.0740. The largest absolute Gasteiger partial charge is 0.334 e. The summed E-state index contributed by atoms with van der Waals surface area (Å²) in [5, 5.41) is 0. The smallest absolute Gasteiger partial charge is 0.220 e. The molecule has 3 nitrogen and oxygen atoms in total. The van der Waals surface area contributed by atoms with Crippen LogP contribution in [0.25, 0.3) is 0 Å². The van der Waals surface area contributed by atoms with Gasteiger partial charge in [0.05, 0.1) is 11.7 Å². The molecule has 2 aromatic rings. The van der Waals surface area contributed by atoms with Crippen LogP contribution in [-0.4, -0.2) is 22.3 Å². The topological polar surface area (TPSA) is 33.2 Å². The van der Waals surface area contributed by atoms with Gasteiger partial charge in [-0.3, -0.25) is 9.78 Å². The molecule has 114 valence electrons. The Bertz CT molecular complexity index is 686. The van der Waals surface area contributed by atoms with Gasteiger partial charge in [-0.25, -0.2) is 4.39 Å². The fraction of sp³-hybridized carbons (Fsp3) is 0.333. The predicted octanol–water partition coefficient (Wildman–Crippen LogP) is 3.49. The van der Waals surface area contributed by atoms with E-state index in [2.05, 4.69) is 0 Å². The van der Waals surface area contributed by atoms with E-state index in [-0.39, 0.29) is 17.8 Å². The highest BCUT2D eigenvalue weighted by atomic mass is 19.1. The number of likely N-dealkylation sites (tertiary alicyclic amines) is 1. The SMILES string of the molecule is CC(=O)N1CCCC1c1cccc(Cc2cccc(F)c2)n1. The first-order valence-corrected chi connectivity index (χ1v) is 7.61. The average molecular weight is 298 g/mol. The number of carbonyl (C=O) groups is 1. The van der Waals surface area contributed by atoms with E-state index < -0.39 is 0 Å². The number of hydrogen-bond acceptors (Lipinski definition) is 2. The predicted molar refractivity (Wildman–Crippen MR) is 82.8 cm³/mol. The van der Waals surface area contributed by atoms with E-state index in [0.717, 1.165) is 36.3 Å². The lowest BCUT2D eigenvalue weighted by molar-refractivity contribution is -0.129. The van der Waals surface area contributed by atoms with Crippen molar-refractivity contribution >= 4 is 5.91 Å². The van der Waals surface area contributed by atoms with E-state index in [1.165, 1.54) is 12.1 Å². The second-order valence-electron chi connectivity index (χ2n) is 5.73. The van der Waals surface area contributed by atoms with Crippen molar-refractivity contribution in [3.63, 3.8) is 0 Å². The molecule has 1 fully saturated rings. The van der Waals surface area contributed by atoms with Crippen molar-refractivity contribution in [3.8, 4) is 0 Å². The number of carbonyl (C=O) groups excluding carboxylic acids is 1. The molecule has 22 heavy (non-hydrogen) atoms. The Balaban J connectivity index is 1.82. The van der Waals surface area contributed by atoms with Gasteiger partial charge in [-0.2, -0.15) is 0 Å². The lowest BCUT2D eigenvalue weighted by Gasteiger charge is -2.23. The molecule has 0 N–H and O–H groups in total. The fourth-order valence-electron chi connectivity index (χ4n) is 3.09. The zero-order chi connectivity index (χ0) is 15.5. The van der Waals surface area contributed by atoms with Gasteiger partial charge in [0.15, 0.2) is 0 Å². The average Bonchev–Trinajstić information content (AvgIpc) is 2.97. The quantitative estimate of drug-likeness (QED) is 0.869. The van der Waals surface area contributed by atoms with Crippen LogP contribution in [-0.2, 0) is 11.2 Å². The number of hydrogen-bond donors (Lipinski definition) is 0. The molecule has 3 rings (SSSR count). The normalized spacial score (nSPS) is 17.7. The lowest BCUT2D eigenvalue weighted by Crippen LogP contribution is -2.28. The first-order valence-electron chi connectivity index (χ1n) is 7.61. The maximum absolute atomic E-state index is 13.3. The van der Waals surface area contributed by atoms with Crippen molar-refractivity contribution < 1.29 is 9.18 Å². The fourth-order valence-corrected chi connectivity index (χ4v) is 3.09. The molecule has 1 aromatic carbocycles. The second-order valence-corrected chi connectivity index (χ2v) is 5.73. The van der Waals surface area contributed by atoms with Gasteiger partial charge < -0.3 is 4.90 Å². The molecule has 0 saturated carbocycles. The van der Waals surface area contributed by atoms with Gasteiger partial charge in [-0.1, -0.05) is 18.2 Å². The molecule has 1 aliphatic heterocycles. The van der Waals surface area contributed by atoms with Crippen LogP contribution in [0, 0.1) is 5.82 Å². The Hall–Kier alpha value is -2.23. The minimum atomic E-state index is -0.229. The molecular formula is C18H19FN2O. The van der Waals surface area contributed by atoms with Gasteiger partial charge in [-0.05, 0) is 42.7 Å². The van der Waals surface area contributed by atoms with Crippen LogP contribution in [0.5, 0.6) is 0 Å². The van der Waals surface area contributed by atoms with Crippen molar-refractivity contribution in [2.24, 2.45) is 0 Å². The first-order chi connectivity index (χ1) is 10.6. The Morgan fingerprint density at radius 3 is 2.91 bits per heavy atom. The van der Waals surface area contributed by atoms with Crippen LogP contribution >= 0.6 is 0 Å². The maximum atomic E-state index is 13.3. The molecule has 1 amide bonds. The van der Waals surface area contributed by atoms with Crippen LogP contribution < -0.4 is 0 Å². The summed E-state index contributed by atoms with van der Waals surface area (Å²) in [5.41, 5.74) is 2.74. The van der Waals surface area contributed by atoms with Crippen LogP contribution in [0.3, 0.4) is 0 Å². The molecule has 0 spiro atoms. The van der Waals surface area contributed by atoms with Gasteiger partial charge in [0.25, 0.3) is 0 Å². The Morgan fingerprint density at radius 1 is 1.32 bits per heavy atom. The van der Waals surface area contributed by atoms with Gasteiger partial charge in [0, 0.05) is 25.6 Å². The van der Waals surface area contributed by atoms with E-state index in [4.69, 9.17) is 4.98 Å². The highest BCUT2D eigenvalue weighted by Crippen LogP contribution is 2.30. The van der Waals surface area contributed by atoms with Gasteiger partial charge in [0.1, 0.15) is 5.82 Å². The summed E-state index contributed by atoms with van der Waals surface area (Å²) in [6.45, 7) is 2.41. The van der Waals surface area contributed by atoms with E-state index in [1.807, 2.05) is 29.2 Å². The molecule has 1 atom stereocenters. The minimum Gasteiger partial charge on any atom is -0.334 e. The molecule has 1 aromatic heterocycles. The van der Waals surface area contributed by atoms with E-state index in [0.29, 0.717) is 6.42 Å². The first kappa shape index (κ1) is 14.7. The van der Waals surface area contributed by atoms with Crippen molar-refractivity contribution in [2.75, 3.05) is 6.54 Å². The third kappa shape index (κ3) is 3.16. The number of nitrogens with zero attached hydrogens (tertiary/aromatic N) is 2. The van der Waals surface area contributed by atoms with Crippen LogP contribution in [0.4, 0.5) is 4.39 Å². The van der Waals surface area contributed by atoms with Gasteiger partial charge in [-0.15, -0.1) is 0 Å². The summed E-state index contributed by atoms with van der Waals surface area (Å²) in [5.74, 6) is -0.132. The standard InChI is InChI=1S/C18H19FN2O/c1-13(22)21-10-4-9-18(21)17-8-3-7-16(20-17)12-14-5-2-6-15(19)11-14/h2-3,5-8,11,18H,4,9-10,12H2,1H3. The molecule has 1 unspecified atom stereocenters. The summed E-state index contributed by atoms with van der Waals surface area (Å²) in [4.78, 5) is 18.3. The number of halogens is 1. The molecule has 2 heterocycles. The van der Waals surface area contributed by atoms with Gasteiger partial charge >= 0.3 is 0 Å². The number of pyridine rings is 1. The van der Waals surface area contributed by atoms with E-state index in [9.17, 15) is 9.18 Å². The Labute approximate surface area is 129 Å². The molecule has 0 aliphatic carbocycles. The second kappa shape index (κ2) is 6.26. The molecule has 0 radical (unpaired) electrons. The number of aromatic nitrogens is 1. The van der Waals surface area contributed by atoms with Crippen molar-refractivity contribution in [1.29, 1.82) is 0 Å². The lowest BCUT2D eigenvalue weighted by atomic mass is 10.1. The van der Waals surface area contributed by atoms with Crippen molar-refractivity contribution in [1.82, 2.24) is 9.88 Å². The van der Waals surface area contributed by atoms with Crippen LogP contribution in [0.15, 0.2) is 42.5 Å². The summed E-state index contributed by atoms with van der Waals surface area (Å²) in [6.07, 6.45) is 2.56. The van der Waals surface area contributed by atoms with Crippen molar-refractivity contribution in [2.45, 2.75) is 32.2 Å². The van der Waals surface area contributed by atoms with Crippen molar-refractivity contribution in [3.05, 3.63) is 65.2 Å². The monoisotopic (exact) mass is 298 g/mol. The third-order valence-corrected chi connectivity index (χ3v) is 4.10. The zero-order valence-electron chi connectivity index (χ0n) is 12.6. The molecule has 0 bridgehead atoms. The maximum Gasteiger partial charge on any atom is 0.220 e. The van der Waals surface area contributed by atoms with E-state index in [1.54, 1.807) is 13.0 Å². The summed E-state index contributed by atoms with van der Waals surface area (Å²) in [7, 11) is 0. The number of amides is 1. The molecule has 4 heteroatoms. The summed E-state index contributed by atoms with van der Waals surface area (Å²) >= 11 is 0. The summed E-state index contributed by atoms with van der Waals surface area (Å²) < 4.78 is 13.3. The van der Waals surface area contributed by atoms with Crippen LogP contribution in [0.1, 0.15) is 42.8 Å². The number of benzene rings is 1. The molecule has 1 aliphatic rings. The van der Waals surface area contributed by atoms with E-state index >= 15 is 0 Å². The third-order valence-electron chi connectivity index (χ3n) is 4.10. The zero-order valence-corrected chi connectivity index (χ0v) is 12.6. The summed E-state index contributed by atoms with van der Waals surface area (Å²) in [6, 6.07) is 12.5. The Morgan fingerprint density at radius 2 is 2.14 bits per heavy atom. The van der Waals surface area contributed by atoms with Gasteiger partial charge in [0.2, 0.25) is 5.91 Å².